The number of esters is 4. The molecule has 0 aliphatic heterocycles. The van der Waals surface area contributed by atoms with Crippen molar-refractivity contribution in [3.05, 3.63) is 0 Å². The average molecular weight is 1440 g/mol. The first-order valence-corrected chi connectivity index (χ1v) is 44.1. The van der Waals surface area contributed by atoms with Crippen molar-refractivity contribution in [3.63, 3.8) is 0 Å². The zero-order valence-corrected chi connectivity index (χ0v) is 65.7. The Hall–Kier alpha value is -1.94. The summed E-state index contributed by atoms with van der Waals surface area (Å²) >= 11 is 0. The van der Waals surface area contributed by atoms with Gasteiger partial charge in [-0.2, -0.15) is 0 Å². The van der Waals surface area contributed by atoms with Crippen LogP contribution >= 0.6 is 15.6 Å². The molecule has 0 amide bonds. The van der Waals surface area contributed by atoms with Gasteiger partial charge in [-0.05, 0) is 31.6 Å². The van der Waals surface area contributed by atoms with Crippen LogP contribution in [0, 0.1) is 5.92 Å². The van der Waals surface area contributed by atoms with Gasteiger partial charge in [0.1, 0.15) is 19.3 Å². The van der Waals surface area contributed by atoms with Crippen LogP contribution in [0.2, 0.25) is 0 Å². The Morgan fingerprint density at radius 1 is 0.276 bits per heavy atom. The van der Waals surface area contributed by atoms with Gasteiger partial charge < -0.3 is 33.8 Å². The molecule has 5 atom stereocenters. The molecule has 0 aliphatic rings. The van der Waals surface area contributed by atoms with E-state index in [4.69, 9.17) is 37.0 Å². The van der Waals surface area contributed by atoms with Crippen LogP contribution in [0.3, 0.4) is 0 Å². The molecule has 0 saturated heterocycles. The van der Waals surface area contributed by atoms with E-state index in [1.165, 1.54) is 244 Å². The van der Waals surface area contributed by atoms with Crippen molar-refractivity contribution in [2.75, 3.05) is 39.6 Å². The van der Waals surface area contributed by atoms with E-state index < -0.39 is 97.5 Å². The van der Waals surface area contributed by atoms with Crippen molar-refractivity contribution in [1.82, 2.24) is 0 Å². The topological polar surface area (TPSA) is 237 Å². The summed E-state index contributed by atoms with van der Waals surface area (Å²) in [4.78, 5) is 72.9. The lowest BCUT2D eigenvalue weighted by Crippen LogP contribution is -2.30. The number of phosphoric ester groups is 2. The van der Waals surface area contributed by atoms with E-state index in [2.05, 4.69) is 34.6 Å². The van der Waals surface area contributed by atoms with Crippen LogP contribution in [0.4, 0.5) is 0 Å². The number of unbranched alkanes of at least 4 members (excludes halogenated alkanes) is 51. The summed E-state index contributed by atoms with van der Waals surface area (Å²) < 4.78 is 68.7. The Bertz CT molecular complexity index is 1870. The highest BCUT2D eigenvalue weighted by molar-refractivity contribution is 7.47. The second kappa shape index (κ2) is 72.0. The van der Waals surface area contributed by atoms with E-state index in [0.29, 0.717) is 25.7 Å². The van der Waals surface area contributed by atoms with Crippen molar-refractivity contribution in [2.45, 2.75) is 438 Å². The number of carbonyl (C=O) groups is 4. The van der Waals surface area contributed by atoms with Crippen LogP contribution in [-0.2, 0) is 65.4 Å². The van der Waals surface area contributed by atoms with Crippen LogP contribution in [0.25, 0.3) is 0 Å². The number of hydrogen-bond acceptors (Lipinski definition) is 15. The molecule has 0 radical (unpaired) electrons. The molecule has 98 heavy (non-hydrogen) atoms. The maximum atomic E-state index is 13.1. The van der Waals surface area contributed by atoms with Crippen LogP contribution in [0.5, 0.6) is 0 Å². The molecule has 0 fully saturated rings. The van der Waals surface area contributed by atoms with E-state index in [9.17, 15) is 43.2 Å². The first kappa shape index (κ1) is 96.1. The third-order valence-electron chi connectivity index (χ3n) is 18.5. The van der Waals surface area contributed by atoms with Gasteiger partial charge in [0.2, 0.25) is 0 Å². The van der Waals surface area contributed by atoms with E-state index >= 15 is 0 Å². The third-order valence-corrected chi connectivity index (χ3v) is 20.4. The molecule has 0 spiro atoms. The van der Waals surface area contributed by atoms with Crippen molar-refractivity contribution >= 4 is 39.5 Å². The summed E-state index contributed by atoms with van der Waals surface area (Å²) in [5.74, 6) is -1.36. The number of rotatable bonds is 79. The van der Waals surface area contributed by atoms with Gasteiger partial charge in [0.15, 0.2) is 12.2 Å². The lowest BCUT2D eigenvalue weighted by molar-refractivity contribution is -0.161. The molecule has 0 aliphatic carbocycles. The lowest BCUT2D eigenvalue weighted by Gasteiger charge is -2.21. The fraction of sp³-hybridized carbons (Fsp3) is 0.949. The molecule has 0 aromatic carbocycles. The normalized spacial score (nSPS) is 13.9. The minimum atomic E-state index is -4.96. The molecule has 0 saturated carbocycles. The predicted octanol–water partition coefficient (Wildman–Crippen LogP) is 23.6. The number of aliphatic hydroxyl groups excluding tert-OH is 1. The minimum Gasteiger partial charge on any atom is -0.462 e. The third kappa shape index (κ3) is 72.4. The monoisotopic (exact) mass is 1440 g/mol. The number of hydrogen-bond donors (Lipinski definition) is 3. The highest BCUT2D eigenvalue weighted by atomic mass is 31.2. The number of phosphoric acid groups is 2. The SMILES string of the molecule is CCCCCCCCCCCCCCCCCCCCCCC(=O)O[C@H](COC(=O)CCCCCCCCCCCCCCC)COP(=O)(O)OC[C@@H](O)COP(=O)(O)OC[C@@H](COC(=O)CCCCCCCCCCCC(C)C)OC(=O)CCCCCCCCCCCCCCC. The second-order valence-electron chi connectivity index (χ2n) is 28.9. The molecular formula is C79H154O17P2. The van der Waals surface area contributed by atoms with Gasteiger partial charge in [0.25, 0.3) is 0 Å². The zero-order valence-electron chi connectivity index (χ0n) is 63.9. The fourth-order valence-corrected chi connectivity index (χ4v) is 13.8. The summed E-state index contributed by atoms with van der Waals surface area (Å²) in [6, 6.07) is 0. The maximum absolute atomic E-state index is 13.1. The van der Waals surface area contributed by atoms with Gasteiger partial charge in [0.05, 0.1) is 26.4 Å². The first-order chi connectivity index (χ1) is 47.5. The summed E-state index contributed by atoms with van der Waals surface area (Å²) in [5, 5.41) is 10.6. The smallest absolute Gasteiger partial charge is 0.462 e. The molecule has 582 valence electrons. The Labute approximate surface area is 600 Å². The van der Waals surface area contributed by atoms with Gasteiger partial charge in [0, 0.05) is 25.7 Å². The predicted molar refractivity (Wildman–Crippen MR) is 400 cm³/mol. The van der Waals surface area contributed by atoms with Gasteiger partial charge in [-0.1, -0.05) is 369 Å². The van der Waals surface area contributed by atoms with Gasteiger partial charge >= 0.3 is 39.5 Å². The molecule has 2 unspecified atom stereocenters. The second-order valence-corrected chi connectivity index (χ2v) is 31.8. The standard InChI is InChI=1S/C79H154O17P2/c1-6-9-12-15-18-21-24-27-28-29-30-31-32-33-36-39-44-50-55-60-65-79(84)95-74(68-89-76(81)62-57-52-47-42-37-34-25-22-19-16-13-10-7-2)70-93-97(85,86)91-66-73(80)67-92-98(87,88)94-71-75(69-90-77(82)63-58-53-48-45-40-41-46-51-56-61-72(4)5)96-78(83)64-59-54-49-43-38-35-26-23-20-17-14-11-8-3/h72-75,80H,6-71H2,1-5H3,(H,85,86)(H,87,88)/t73-,74-,75-/m1/s1. The first-order valence-electron chi connectivity index (χ1n) is 41.1. The summed E-state index contributed by atoms with van der Waals surface area (Å²) in [7, 11) is -9.91. The van der Waals surface area contributed by atoms with Crippen molar-refractivity contribution in [2.24, 2.45) is 5.92 Å². The van der Waals surface area contributed by atoms with Crippen molar-refractivity contribution in [3.8, 4) is 0 Å². The van der Waals surface area contributed by atoms with Crippen LogP contribution in [-0.4, -0.2) is 96.7 Å². The number of aliphatic hydroxyl groups is 1. The fourth-order valence-electron chi connectivity index (χ4n) is 12.2. The highest BCUT2D eigenvalue weighted by Crippen LogP contribution is 2.45. The van der Waals surface area contributed by atoms with Gasteiger partial charge in [-0.3, -0.25) is 37.3 Å². The van der Waals surface area contributed by atoms with E-state index in [1.54, 1.807) is 0 Å². The Balaban J connectivity index is 5.23. The highest BCUT2D eigenvalue weighted by Gasteiger charge is 2.30. The Kier molecular flexibility index (Phi) is 70.6. The molecule has 17 nitrogen and oxygen atoms in total. The van der Waals surface area contributed by atoms with Gasteiger partial charge in [-0.25, -0.2) is 9.13 Å². The minimum absolute atomic E-state index is 0.108. The molecule has 19 heteroatoms. The Morgan fingerprint density at radius 3 is 0.694 bits per heavy atom. The molecular weight excluding hydrogens is 1280 g/mol. The summed E-state index contributed by atoms with van der Waals surface area (Å²) in [5.41, 5.74) is 0. The largest absolute Gasteiger partial charge is 0.472 e. The van der Waals surface area contributed by atoms with E-state index in [0.717, 1.165) is 95.8 Å². The van der Waals surface area contributed by atoms with Crippen LogP contribution in [0.1, 0.15) is 420 Å². The number of carbonyl (C=O) groups excluding carboxylic acids is 4. The average Bonchev–Trinajstić information content (AvgIpc) is 1.04. The van der Waals surface area contributed by atoms with E-state index in [-0.39, 0.29) is 25.7 Å². The number of ether oxygens (including phenoxy) is 4. The van der Waals surface area contributed by atoms with Gasteiger partial charge in [-0.15, -0.1) is 0 Å². The summed E-state index contributed by atoms with van der Waals surface area (Å²) in [6.07, 6.45) is 62.4. The van der Waals surface area contributed by atoms with Crippen molar-refractivity contribution < 1.29 is 80.2 Å². The molecule has 0 aromatic heterocycles. The molecule has 0 aromatic rings. The van der Waals surface area contributed by atoms with Crippen LogP contribution < -0.4 is 0 Å². The maximum Gasteiger partial charge on any atom is 0.472 e. The zero-order chi connectivity index (χ0) is 71.9. The molecule has 3 N–H and O–H groups in total. The lowest BCUT2D eigenvalue weighted by atomic mass is 10.0. The van der Waals surface area contributed by atoms with Crippen molar-refractivity contribution in [1.29, 1.82) is 0 Å². The molecule has 0 heterocycles. The molecule has 0 rings (SSSR count). The summed E-state index contributed by atoms with van der Waals surface area (Å²) in [6.45, 7) is 7.30. The Morgan fingerprint density at radius 2 is 0.469 bits per heavy atom. The van der Waals surface area contributed by atoms with Crippen LogP contribution in [0.15, 0.2) is 0 Å². The molecule has 0 bridgehead atoms. The van der Waals surface area contributed by atoms with E-state index in [1.807, 2.05) is 0 Å². The quantitative estimate of drug-likeness (QED) is 0.0222.